The number of allylic oxidation sites excluding steroid dienone is 2. The molecule has 0 spiro atoms. The number of hydrogen-bond donors (Lipinski definition) is 2. The van der Waals surface area contributed by atoms with E-state index >= 15 is 0 Å². The molecule has 1 aromatic heterocycles. The maximum absolute atomic E-state index is 12.9. The summed E-state index contributed by atoms with van der Waals surface area (Å²) in [6, 6.07) is 19.1. The highest BCUT2D eigenvalue weighted by Gasteiger charge is 2.22. The Morgan fingerprint density at radius 2 is 1.66 bits per heavy atom. The van der Waals surface area contributed by atoms with E-state index < -0.39 is 5.91 Å². The first kappa shape index (κ1) is 18.7. The van der Waals surface area contributed by atoms with Gasteiger partial charge in [-0.25, -0.2) is 4.68 Å². The van der Waals surface area contributed by atoms with Crippen molar-refractivity contribution in [3.05, 3.63) is 84.6 Å². The van der Waals surface area contributed by atoms with E-state index in [4.69, 9.17) is 0 Å². The van der Waals surface area contributed by atoms with Gasteiger partial charge in [0.1, 0.15) is 5.69 Å². The van der Waals surface area contributed by atoms with Gasteiger partial charge in [-0.15, -0.1) is 0 Å². The molecule has 0 saturated carbocycles. The minimum Gasteiger partial charge on any atom is -0.273 e. The summed E-state index contributed by atoms with van der Waals surface area (Å²) < 4.78 is 1.67. The summed E-state index contributed by atoms with van der Waals surface area (Å²) in [6.07, 6.45) is 8.14. The maximum atomic E-state index is 12.9. The predicted molar refractivity (Wildman–Crippen MR) is 111 cm³/mol. The molecule has 1 heterocycles. The maximum Gasteiger partial charge on any atom is 0.273 e. The first-order chi connectivity index (χ1) is 14.2. The van der Waals surface area contributed by atoms with E-state index in [0.717, 1.165) is 24.1 Å². The summed E-state index contributed by atoms with van der Waals surface area (Å²) in [7, 11) is 0. The molecule has 146 valence electrons. The molecule has 4 rings (SSSR count). The molecule has 0 radical (unpaired) electrons. The van der Waals surface area contributed by atoms with Crippen molar-refractivity contribution in [1.82, 2.24) is 20.6 Å². The van der Waals surface area contributed by atoms with Crippen molar-refractivity contribution in [2.75, 3.05) is 0 Å². The highest BCUT2D eigenvalue weighted by molar-refractivity contribution is 6.00. The number of carbonyl (C=O) groups is 2. The van der Waals surface area contributed by atoms with E-state index in [0.29, 0.717) is 17.7 Å². The van der Waals surface area contributed by atoms with Crippen LogP contribution in [0.3, 0.4) is 0 Å². The van der Waals surface area contributed by atoms with E-state index in [1.165, 1.54) is 0 Å². The molecule has 0 fully saturated rings. The Balaban J connectivity index is 1.58. The normalized spacial score (nSPS) is 15.7. The van der Waals surface area contributed by atoms with Crippen LogP contribution >= 0.6 is 0 Å². The Morgan fingerprint density at radius 3 is 2.34 bits per heavy atom. The van der Waals surface area contributed by atoms with Crippen molar-refractivity contribution in [2.24, 2.45) is 5.92 Å². The van der Waals surface area contributed by atoms with E-state index in [9.17, 15) is 9.59 Å². The lowest BCUT2D eigenvalue weighted by Gasteiger charge is -2.17. The second-order valence-corrected chi connectivity index (χ2v) is 6.96. The standard InChI is InChI=1S/C23H22N4O2/c28-22(18-12-6-2-7-13-18)24-25-23(29)20-16-27(19-14-8-3-9-15-19)26-21(20)17-10-4-1-5-11-17/h1-6,8-11,14-16,18H,7,12-13H2,(H,24,28)(H,25,29)/t18-/m0/s1. The lowest BCUT2D eigenvalue weighted by Crippen LogP contribution is -2.44. The van der Waals surface area contributed by atoms with E-state index in [2.05, 4.69) is 22.0 Å². The zero-order chi connectivity index (χ0) is 20.1. The molecule has 0 saturated heterocycles. The number of amides is 2. The van der Waals surface area contributed by atoms with Gasteiger partial charge in [-0.2, -0.15) is 5.10 Å². The Bertz CT molecular complexity index is 1030. The van der Waals surface area contributed by atoms with Crippen LogP contribution in [0.25, 0.3) is 16.9 Å². The van der Waals surface area contributed by atoms with Crippen LogP contribution in [0.2, 0.25) is 0 Å². The Hall–Kier alpha value is -3.67. The number of aromatic nitrogens is 2. The quantitative estimate of drug-likeness (QED) is 0.531. The average molecular weight is 386 g/mol. The van der Waals surface area contributed by atoms with Gasteiger partial charge in [0.2, 0.25) is 5.91 Å². The molecule has 1 atom stereocenters. The zero-order valence-electron chi connectivity index (χ0n) is 15.9. The molecular formula is C23H22N4O2. The summed E-state index contributed by atoms with van der Waals surface area (Å²) in [5.41, 5.74) is 7.75. The van der Waals surface area contributed by atoms with Gasteiger partial charge in [0, 0.05) is 17.7 Å². The van der Waals surface area contributed by atoms with Crippen LogP contribution in [-0.4, -0.2) is 21.6 Å². The lowest BCUT2D eigenvalue weighted by molar-refractivity contribution is -0.126. The number of nitrogens with zero attached hydrogens (tertiary/aromatic N) is 2. The third-order valence-electron chi connectivity index (χ3n) is 4.97. The summed E-state index contributed by atoms with van der Waals surface area (Å²) in [6.45, 7) is 0. The third kappa shape index (κ3) is 4.27. The Labute approximate surface area is 169 Å². The van der Waals surface area contributed by atoms with E-state index in [1.54, 1.807) is 10.9 Å². The zero-order valence-corrected chi connectivity index (χ0v) is 15.9. The molecule has 0 aliphatic heterocycles. The highest BCUT2D eigenvalue weighted by atomic mass is 16.2. The second-order valence-electron chi connectivity index (χ2n) is 6.96. The molecule has 6 nitrogen and oxygen atoms in total. The number of hydrazine groups is 1. The average Bonchev–Trinajstić information content (AvgIpc) is 3.25. The molecule has 1 aliphatic rings. The van der Waals surface area contributed by atoms with Crippen molar-refractivity contribution in [3.8, 4) is 16.9 Å². The van der Waals surface area contributed by atoms with Crippen molar-refractivity contribution >= 4 is 11.8 Å². The molecule has 0 unspecified atom stereocenters. The molecule has 2 aromatic carbocycles. The second kappa shape index (κ2) is 8.56. The van der Waals surface area contributed by atoms with Gasteiger partial charge in [-0.05, 0) is 31.4 Å². The predicted octanol–water partition coefficient (Wildman–Crippen LogP) is 3.66. The number of hydrogen-bond acceptors (Lipinski definition) is 3. The fraction of sp³-hybridized carbons (Fsp3) is 0.174. The molecular weight excluding hydrogens is 364 g/mol. The molecule has 1 aliphatic carbocycles. The van der Waals surface area contributed by atoms with Crippen LogP contribution in [-0.2, 0) is 4.79 Å². The summed E-state index contributed by atoms with van der Waals surface area (Å²) in [5, 5.41) is 4.62. The van der Waals surface area contributed by atoms with Crippen LogP contribution in [0.1, 0.15) is 29.6 Å². The van der Waals surface area contributed by atoms with Crippen LogP contribution in [0, 0.1) is 5.92 Å². The topological polar surface area (TPSA) is 76.0 Å². The number of carbonyl (C=O) groups excluding carboxylic acids is 2. The van der Waals surface area contributed by atoms with Gasteiger partial charge < -0.3 is 0 Å². The van der Waals surface area contributed by atoms with Gasteiger partial charge in [0.15, 0.2) is 0 Å². The number of nitrogens with one attached hydrogen (secondary N) is 2. The van der Waals surface area contributed by atoms with Gasteiger partial charge in [-0.1, -0.05) is 60.7 Å². The molecule has 2 amide bonds. The van der Waals surface area contributed by atoms with Crippen LogP contribution < -0.4 is 10.9 Å². The first-order valence-electron chi connectivity index (χ1n) is 9.68. The molecule has 29 heavy (non-hydrogen) atoms. The molecule has 3 aromatic rings. The largest absolute Gasteiger partial charge is 0.273 e. The van der Waals surface area contributed by atoms with Crippen LogP contribution in [0.15, 0.2) is 79.0 Å². The number of para-hydroxylation sites is 1. The van der Waals surface area contributed by atoms with Crippen molar-refractivity contribution in [1.29, 1.82) is 0 Å². The minimum absolute atomic E-state index is 0.110. The molecule has 6 heteroatoms. The minimum atomic E-state index is -0.397. The van der Waals surface area contributed by atoms with E-state index in [1.807, 2.05) is 66.7 Å². The smallest absolute Gasteiger partial charge is 0.273 e. The highest BCUT2D eigenvalue weighted by Crippen LogP contribution is 2.23. The third-order valence-corrected chi connectivity index (χ3v) is 4.97. The fourth-order valence-electron chi connectivity index (χ4n) is 3.38. The SMILES string of the molecule is O=C(NNC(=O)[C@H]1CC=CCC1)c1cn(-c2ccccc2)nc1-c1ccccc1. The van der Waals surface area contributed by atoms with Crippen LogP contribution in [0.5, 0.6) is 0 Å². The van der Waals surface area contributed by atoms with E-state index in [-0.39, 0.29) is 11.8 Å². The number of benzene rings is 2. The van der Waals surface area contributed by atoms with Gasteiger partial charge in [0.05, 0.1) is 11.3 Å². The Morgan fingerprint density at radius 1 is 0.931 bits per heavy atom. The summed E-state index contributed by atoms with van der Waals surface area (Å²) in [4.78, 5) is 25.2. The Kier molecular flexibility index (Phi) is 5.52. The number of rotatable bonds is 4. The van der Waals surface area contributed by atoms with Crippen molar-refractivity contribution in [2.45, 2.75) is 19.3 Å². The monoisotopic (exact) mass is 386 g/mol. The van der Waals surface area contributed by atoms with Crippen LogP contribution in [0.4, 0.5) is 0 Å². The van der Waals surface area contributed by atoms with Crippen molar-refractivity contribution in [3.63, 3.8) is 0 Å². The summed E-state index contributed by atoms with van der Waals surface area (Å²) in [5.74, 6) is -0.675. The first-order valence-corrected chi connectivity index (χ1v) is 9.68. The lowest BCUT2D eigenvalue weighted by atomic mass is 9.94. The molecule has 2 N–H and O–H groups in total. The van der Waals surface area contributed by atoms with Gasteiger partial charge in [0.25, 0.3) is 5.91 Å². The van der Waals surface area contributed by atoms with Gasteiger partial charge in [-0.3, -0.25) is 20.4 Å². The van der Waals surface area contributed by atoms with Crippen molar-refractivity contribution < 1.29 is 9.59 Å². The molecule has 0 bridgehead atoms. The summed E-state index contributed by atoms with van der Waals surface area (Å²) >= 11 is 0. The van der Waals surface area contributed by atoms with Gasteiger partial charge >= 0.3 is 0 Å². The fourth-order valence-corrected chi connectivity index (χ4v) is 3.38.